The zero-order chi connectivity index (χ0) is 27.7. The maximum Gasteiger partial charge on any atom is 0.414 e. The van der Waals surface area contributed by atoms with E-state index >= 15 is 0 Å². The molecule has 2 amide bonds. The fourth-order valence-electron chi connectivity index (χ4n) is 3.51. The molecule has 0 atom stereocenters. The van der Waals surface area contributed by atoms with Crippen LogP contribution >= 0.6 is 11.6 Å². The molecule has 1 aromatic heterocycles. The van der Waals surface area contributed by atoms with Gasteiger partial charge in [0.15, 0.2) is 0 Å². The van der Waals surface area contributed by atoms with Crippen LogP contribution in [0.1, 0.15) is 37.6 Å². The van der Waals surface area contributed by atoms with Crippen LogP contribution in [-0.4, -0.2) is 42.3 Å². The number of hydrogen-bond donors (Lipinski definition) is 0. The molecule has 0 unspecified atom stereocenters. The van der Waals surface area contributed by atoms with Crippen LogP contribution in [0.25, 0.3) is 0 Å². The average Bonchev–Trinajstić information content (AvgIpc) is 2.86. The first-order valence-electron chi connectivity index (χ1n) is 11.9. The van der Waals surface area contributed by atoms with Gasteiger partial charge < -0.3 is 14.4 Å². The third-order valence-corrected chi connectivity index (χ3v) is 5.34. The summed E-state index contributed by atoms with van der Waals surface area (Å²) in [6.07, 6.45) is 2.60. The molecule has 0 saturated heterocycles. The van der Waals surface area contributed by atoms with E-state index in [0.717, 1.165) is 0 Å². The van der Waals surface area contributed by atoms with Crippen LogP contribution in [0.2, 0.25) is 5.02 Å². The van der Waals surface area contributed by atoms with Crippen molar-refractivity contribution < 1.29 is 23.5 Å². The minimum atomic E-state index is -0.693. The average molecular weight is 539 g/mol. The number of carbonyl (C=O) groups is 2. The van der Waals surface area contributed by atoms with Gasteiger partial charge in [-0.3, -0.25) is 14.7 Å². The highest BCUT2D eigenvalue weighted by Crippen LogP contribution is 2.26. The predicted molar refractivity (Wildman–Crippen MR) is 143 cm³/mol. The van der Waals surface area contributed by atoms with Gasteiger partial charge in [-0.1, -0.05) is 23.7 Å². The van der Waals surface area contributed by atoms with Crippen LogP contribution in [0.15, 0.2) is 67.0 Å². The van der Waals surface area contributed by atoms with Gasteiger partial charge in [0.2, 0.25) is 0 Å². The zero-order valence-corrected chi connectivity index (χ0v) is 22.1. The number of rotatable bonds is 9. The van der Waals surface area contributed by atoms with Crippen LogP contribution in [0.3, 0.4) is 0 Å². The SMILES string of the molecule is CC(C)(C)OC(=O)N(CCOc1cc(Cl)cc(C(=O)N(CCC#N)c2ccccc2F)c1)c1ccncc1. The van der Waals surface area contributed by atoms with Gasteiger partial charge in [-0.05, 0) is 63.2 Å². The summed E-state index contributed by atoms with van der Waals surface area (Å²) in [6, 6.07) is 15.6. The lowest BCUT2D eigenvalue weighted by molar-refractivity contribution is 0.0575. The molecule has 2 aromatic carbocycles. The molecule has 8 nitrogen and oxygen atoms in total. The molecule has 0 radical (unpaired) electrons. The van der Waals surface area contributed by atoms with E-state index in [1.807, 2.05) is 6.07 Å². The van der Waals surface area contributed by atoms with Crippen molar-refractivity contribution in [1.29, 1.82) is 5.26 Å². The molecular formula is C28H28ClFN4O4. The lowest BCUT2D eigenvalue weighted by Crippen LogP contribution is -2.39. The van der Waals surface area contributed by atoms with Crippen molar-refractivity contribution >= 4 is 35.0 Å². The van der Waals surface area contributed by atoms with Crippen LogP contribution in [-0.2, 0) is 4.74 Å². The number of ether oxygens (including phenoxy) is 2. The molecule has 0 aliphatic carbocycles. The first-order valence-corrected chi connectivity index (χ1v) is 12.2. The Bertz CT molecular complexity index is 1310. The van der Waals surface area contributed by atoms with E-state index < -0.39 is 23.4 Å². The Labute approximate surface area is 226 Å². The topological polar surface area (TPSA) is 95.8 Å². The van der Waals surface area contributed by atoms with Gasteiger partial charge in [-0.25, -0.2) is 9.18 Å². The van der Waals surface area contributed by atoms with Crippen LogP contribution in [0, 0.1) is 17.1 Å². The summed E-state index contributed by atoms with van der Waals surface area (Å²) in [5.41, 5.74) is 0.103. The van der Waals surface area contributed by atoms with E-state index in [0.29, 0.717) is 5.69 Å². The second-order valence-corrected chi connectivity index (χ2v) is 9.61. The summed E-state index contributed by atoms with van der Waals surface area (Å²) in [4.78, 5) is 32.8. The van der Waals surface area contributed by atoms with Crippen molar-refractivity contribution in [2.75, 3.05) is 29.5 Å². The molecular weight excluding hydrogens is 511 g/mol. The Morgan fingerprint density at radius 3 is 2.42 bits per heavy atom. The molecule has 198 valence electrons. The second kappa shape index (κ2) is 12.9. The first-order chi connectivity index (χ1) is 18.1. The number of aromatic nitrogens is 1. The fraction of sp³-hybridized carbons (Fsp3) is 0.286. The smallest absolute Gasteiger partial charge is 0.414 e. The van der Waals surface area contributed by atoms with Crippen molar-refractivity contribution in [2.45, 2.75) is 32.8 Å². The van der Waals surface area contributed by atoms with E-state index in [1.165, 1.54) is 46.2 Å². The van der Waals surface area contributed by atoms with E-state index in [1.54, 1.807) is 51.4 Å². The number of carbonyl (C=O) groups excluding carboxylic acids is 2. The van der Waals surface area contributed by atoms with Gasteiger partial charge in [0.25, 0.3) is 5.91 Å². The third kappa shape index (κ3) is 7.92. The summed E-state index contributed by atoms with van der Waals surface area (Å²) in [5.74, 6) is -0.839. The van der Waals surface area contributed by atoms with Gasteiger partial charge in [0.1, 0.15) is 23.8 Å². The molecule has 0 bridgehead atoms. The Kier molecular flexibility index (Phi) is 9.63. The van der Waals surface area contributed by atoms with E-state index in [-0.39, 0.29) is 48.1 Å². The lowest BCUT2D eigenvalue weighted by Gasteiger charge is -2.27. The van der Waals surface area contributed by atoms with Crippen LogP contribution < -0.4 is 14.5 Å². The molecule has 0 fully saturated rings. The first kappa shape index (κ1) is 28.4. The van der Waals surface area contributed by atoms with E-state index in [2.05, 4.69) is 4.98 Å². The Morgan fingerprint density at radius 2 is 1.76 bits per heavy atom. The Hall–Kier alpha value is -4.16. The van der Waals surface area contributed by atoms with Crippen molar-refractivity contribution in [3.63, 3.8) is 0 Å². The molecule has 0 N–H and O–H groups in total. The van der Waals surface area contributed by atoms with Gasteiger partial charge in [0, 0.05) is 29.5 Å². The highest BCUT2D eigenvalue weighted by molar-refractivity contribution is 6.31. The molecule has 0 spiro atoms. The normalized spacial score (nSPS) is 10.8. The maximum absolute atomic E-state index is 14.5. The van der Waals surface area contributed by atoms with Crippen LogP contribution in [0.4, 0.5) is 20.6 Å². The van der Waals surface area contributed by atoms with E-state index in [9.17, 15) is 14.0 Å². The summed E-state index contributed by atoms with van der Waals surface area (Å²) in [5, 5.41) is 9.27. The number of benzene rings is 2. The van der Waals surface area contributed by atoms with Crippen molar-refractivity contribution in [1.82, 2.24) is 4.98 Å². The molecule has 3 aromatic rings. The minimum Gasteiger partial charge on any atom is -0.492 e. The monoisotopic (exact) mass is 538 g/mol. The molecule has 1 heterocycles. The van der Waals surface area contributed by atoms with Crippen molar-refractivity contribution in [2.24, 2.45) is 0 Å². The summed E-state index contributed by atoms with van der Waals surface area (Å²) in [7, 11) is 0. The van der Waals surface area contributed by atoms with Gasteiger partial charge >= 0.3 is 6.09 Å². The molecule has 0 aliphatic heterocycles. The number of hydrogen-bond acceptors (Lipinski definition) is 6. The van der Waals surface area contributed by atoms with Crippen LogP contribution in [0.5, 0.6) is 5.75 Å². The summed E-state index contributed by atoms with van der Waals surface area (Å²) >= 11 is 6.27. The standard InChI is InChI=1S/C28H28ClFN4O4/c1-28(2,3)38-27(36)33(22-9-12-32-13-10-22)15-16-37-23-18-20(17-21(29)19-23)26(35)34(14-6-11-31)25-8-5-4-7-24(25)30/h4-5,7-10,12-13,17-19H,6,14-16H2,1-3H3. The van der Waals surface area contributed by atoms with Gasteiger partial charge in [-0.15, -0.1) is 0 Å². The molecule has 10 heteroatoms. The summed E-state index contributed by atoms with van der Waals surface area (Å²) in [6.45, 7) is 5.52. The number of halogens is 2. The van der Waals surface area contributed by atoms with Crippen molar-refractivity contribution in [3.05, 3.63) is 83.4 Å². The molecule has 0 saturated carbocycles. The quantitative estimate of drug-likeness (QED) is 0.319. The highest BCUT2D eigenvalue weighted by Gasteiger charge is 2.24. The Morgan fingerprint density at radius 1 is 1.05 bits per heavy atom. The number of para-hydroxylation sites is 1. The van der Waals surface area contributed by atoms with Gasteiger partial charge in [0.05, 0.1) is 30.4 Å². The molecule has 38 heavy (non-hydrogen) atoms. The number of amides is 2. The van der Waals surface area contributed by atoms with E-state index in [4.69, 9.17) is 26.3 Å². The highest BCUT2D eigenvalue weighted by atomic mass is 35.5. The number of nitrogens with zero attached hydrogens (tertiary/aromatic N) is 4. The maximum atomic E-state index is 14.5. The fourth-order valence-corrected chi connectivity index (χ4v) is 3.74. The third-order valence-electron chi connectivity index (χ3n) is 5.13. The summed E-state index contributed by atoms with van der Waals surface area (Å²) < 4.78 is 25.9. The zero-order valence-electron chi connectivity index (χ0n) is 21.4. The predicted octanol–water partition coefficient (Wildman–Crippen LogP) is 6.26. The lowest BCUT2D eigenvalue weighted by atomic mass is 10.1. The van der Waals surface area contributed by atoms with Crippen molar-refractivity contribution in [3.8, 4) is 11.8 Å². The number of pyridine rings is 1. The number of nitriles is 1. The largest absolute Gasteiger partial charge is 0.492 e. The van der Waals surface area contributed by atoms with Gasteiger partial charge in [-0.2, -0.15) is 5.26 Å². The molecule has 3 rings (SSSR count). The Balaban J connectivity index is 1.79. The second-order valence-electron chi connectivity index (χ2n) is 9.18. The number of anilines is 2. The minimum absolute atomic E-state index is 0.00421. The molecule has 0 aliphatic rings.